The van der Waals surface area contributed by atoms with Gasteiger partial charge in [-0.15, -0.1) is 0 Å². The van der Waals surface area contributed by atoms with Gasteiger partial charge in [0.15, 0.2) is 0 Å². The molecule has 4 rings (SSSR count). The van der Waals surface area contributed by atoms with Crippen LogP contribution in [0.3, 0.4) is 0 Å². The van der Waals surface area contributed by atoms with Crippen molar-refractivity contribution >= 4 is 27.7 Å². The van der Waals surface area contributed by atoms with Crippen molar-refractivity contribution in [2.24, 2.45) is 0 Å². The second-order valence-corrected chi connectivity index (χ2v) is 8.22. The molecule has 2 heterocycles. The highest BCUT2D eigenvalue weighted by Crippen LogP contribution is 2.34. The first-order chi connectivity index (χ1) is 13.1. The summed E-state index contributed by atoms with van der Waals surface area (Å²) < 4.78 is 13.8. The van der Waals surface area contributed by atoms with Gasteiger partial charge in [0.1, 0.15) is 5.82 Å². The Morgan fingerprint density at radius 3 is 2.63 bits per heavy atom. The van der Waals surface area contributed by atoms with Crippen LogP contribution >= 0.6 is 0 Å². The first-order valence-corrected chi connectivity index (χ1v) is 10.9. The van der Waals surface area contributed by atoms with Crippen LogP contribution in [-0.4, -0.2) is 37.4 Å². The van der Waals surface area contributed by atoms with E-state index in [9.17, 15) is 9.00 Å². The van der Waals surface area contributed by atoms with Crippen LogP contribution in [0.5, 0.6) is 0 Å². The summed E-state index contributed by atoms with van der Waals surface area (Å²) in [5.74, 6) is 0.983. The van der Waals surface area contributed by atoms with Gasteiger partial charge in [0.2, 0.25) is 0 Å². The van der Waals surface area contributed by atoms with Crippen molar-refractivity contribution in [3.05, 3.63) is 59.9 Å². The lowest BCUT2D eigenvalue weighted by molar-refractivity contribution is 0.0727. The molecule has 1 aliphatic heterocycles. The molecule has 1 saturated heterocycles. The van der Waals surface area contributed by atoms with Crippen LogP contribution < -0.4 is 0 Å². The Bertz CT molecular complexity index is 1010. The van der Waals surface area contributed by atoms with Crippen LogP contribution in [0.25, 0.3) is 11.0 Å². The molecule has 1 aromatic heterocycles. The Morgan fingerprint density at radius 1 is 1.19 bits per heavy atom. The molecule has 2 aromatic carbocycles. The maximum atomic E-state index is 13.1. The second-order valence-electron chi connectivity index (χ2n) is 6.84. The van der Waals surface area contributed by atoms with Crippen molar-refractivity contribution in [3.8, 4) is 0 Å². The highest BCUT2D eigenvalue weighted by Gasteiger charge is 2.34. The van der Waals surface area contributed by atoms with Crippen molar-refractivity contribution < 1.29 is 9.00 Å². The summed E-state index contributed by atoms with van der Waals surface area (Å²) in [6.45, 7) is 3.67. The minimum Gasteiger partial charge on any atom is -0.328 e. The average Bonchev–Trinajstić information content (AvgIpc) is 3.31. The zero-order chi connectivity index (χ0) is 19.0. The zero-order valence-corrected chi connectivity index (χ0v) is 16.4. The number of likely N-dealkylation sites (tertiary alicyclic amines) is 1. The highest BCUT2D eigenvalue weighted by molar-refractivity contribution is 7.84. The number of para-hydroxylation sites is 2. The quantitative estimate of drug-likeness (QED) is 0.691. The van der Waals surface area contributed by atoms with Gasteiger partial charge in [-0.25, -0.2) is 4.98 Å². The van der Waals surface area contributed by atoms with Crippen molar-refractivity contribution in [2.45, 2.75) is 37.2 Å². The number of benzene rings is 2. The SMILES string of the molecule is CCn1c([C@H]2CCCN2C(=O)c2ccc([S@](C)=O)cc2)nc2ccccc21. The van der Waals surface area contributed by atoms with Gasteiger partial charge in [-0.2, -0.15) is 0 Å². The molecule has 1 fully saturated rings. The van der Waals surface area contributed by atoms with E-state index in [2.05, 4.69) is 17.6 Å². The fourth-order valence-electron chi connectivity index (χ4n) is 3.91. The third kappa shape index (κ3) is 3.18. The maximum Gasteiger partial charge on any atom is 0.254 e. The van der Waals surface area contributed by atoms with Gasteiger partial charge >= 0.3 is 0 Å². The predicted molar refractivity (Wildman–Crippen MR) is 107 cm³/mol. The van der Waals surface area contributed by atoms with E-state index in [-0.39, 0.29) is 11.9 Å². The number of fused-ring (bicyclic) bond motifs is 1. The van der Waals surface area contributed by atoms with Gasteiger partial charge in [0.05, 0.1) is 17.1 Å². The molecule has 1 aliphatic rings. The molecular formula is C21H23N3O2S. The molecule has 0 aliphatic carbocycles. The lowest BCUT2D eigenvalue weighted by Crippen LogP contribution is -2.32. The van der Waals surface area contributed by atoms with E-state index in [0.29, 0.717) is 5.56 Å². The van der Waals surface area contributed by atoms with Crippen LogP contribution in [0, 0.1) is 0 Å². The molecule has 0 spiro atoms. The minimum atomic E-state index is -1.04. The number of carbonyl (C=O) groups excluding carboxylic acids is 1. The Balaban J connectivity index is 1.68. The van der Waals surface area contributed by atoms with Crippen LogP contribution in [0.4, 0.5) is 0 Å². The van der Waals surface area contributed by atoms with E-state index >= 15 is 0 Å². The molecule has 0 radical (unpaired) electrons. The lowest BCUT2D eigenvalue weighted by atomic mass is 10.1. The number of hydrogen-bond donors (Lipinski definition) is 0. The predicted octanol–water partition coefficient (Wildman–Crippen LogP) is 3.77. The fraction of sp³-hybridized carbons (Fsp3) is 0.333. The number of hydrogen-bond acceptors (Lipinski definition) is 3. The van der Waals surface area contributed by atoms with E-state index in [1.54, 1.807) is 30.5 Å². The van der Waals surface area contributed by atoms with Crippen molar-refractivity contribution in [1.82, 2.24) is 14.5 Å². The van der Waals surface area contributed by atoms with Gasteiger partial charge in [0.25, 0.3) is 5.91 Å². The molecule has 3 aromatic rings. The van der Waals surface area contributed by atoms with Gasteiger partial charge in [0, 0.05) is 40.6 Å². The third-order valence-electron chi connectivity index (χ3n) is 5.25. The van der Waals surface area contributed by atoms with E-state index in [1.807, 2.05) is 23.1 Å². The van der Waals surface area contributed by atoms with Gasteiger partial charge in [-0.05, 0) is 56.2 Å². The molecule has 5 nitrogen and oxygen atoms in total. The summed E-state index contributed by atoms with van der Waals surface area (Å²) in [5.41, 5.74) is 2.72. The Kier molecular flexibility index (Phi) is 4.83. The first-order valence-electron chi connectivity index (χ1n) is 9.29. The molecule has 2 atom stereocenters. The second kappa shape index (κ2) is 7.27. The number of rotatable bonds is 4. The van der Waals surface area contributed by atoms with Crippen molar-refractivity contribution in [3.63, 3.8) is 0 Å². The van der Waals surface area contributed by atoms with Crippen LogP contribution in [0.15, 0.2) is 53.4 Å². The molecule has 27 heavy (non-hydrogen) atoms. The molecule has 0 saturated carbocycles. The summed E-state index contributed by atoms with van der Waals surface area (Å²) in [6.07, 6.45) is 3.54. The highest BCUT2D eigenvalue weighted by atomic mass is 32.2. The molecule has 6 heteroatoms. The zero-order valence-electron chi connectivity index (χ0n) is 15.6. The van der Waals surface area contributed by atoms with E-state index in [0.717, 1.165) is 47.7 Å². The minimum absolute atomic E-state index is 0.00941. The monoisotopic (exact) mass is 381 g/mol. The summed E-state index contributed by atoms with van der Waals surface area (Å²) in [7, 11) is -1.04. The van der Waals surface area contributed by atoms with Gasteiger partial charge in [-0.3, -0.25) is 9.00 Å². The number of carbonyl (C=O) groups is 1. The summed E-state index contributed by atoms with van der Waals surface area (Å²) in [4.78, 5) is 20.7. The molecule has 140 valence electrons. The number of nitrogens with zero attached hydrogens (tertiary/aromatic N) is 3. The number of imidazole rings is 1. The van der Waals surface area contributed by atoms with Crippen molar-refractivity contribution in [2.75, 3.05) is 12.8 Å². The smallest absolute Gasteiger partial charge is 0.254 e. The largest absolute Gasteiger partial charge is 0.328 e. The lowest BCUT2D eigenvalue weighted by Gasteiger charge is -2.25. The Morgan fingerprint density at radius 2 is 1.93 bits per heavy atom. The van der Waals surface area contributed by atoms with E-state index in [4.69, 9.17) is 4.98 Å². The number of aryl methyl sites for hydroxylation is 1. The summed E-state index contributed by atoms with van der Waals surface area (Å²) in [5, 5.41) is 0. The van der Waals surface area contributed by atoms with Crippen LogP contribution in [-0.2, 0) is 17.3 Å². The summed E-state index contributed by atoms with van der Waals surface area (Å²) in [6, 6.07) is 15.2. The van der Waals surface area contributed by atoms with Gasteiger partial charge < -0.3 is 9.47 Å². The third-order valence-corrected chi connectivity index (χ3v) is 6.18. The van der Waals surface area contributed by atoms with Crippen molar-refractivity contribution in [1.29, 1.82) is 0 Å². The topological polar surface area (TPSA) is 55.2 Å². The Labute approximate surface area is 161 Å². The number of amides is 1. The first kappa shape index (κ1) is 17.9. The van der Waals surface area contributed by atoms with Crippen LogP contribution in [0.2, 0.25) is 0 Å². The van der Waals surface area contributed by atoms with E-state index in [1.165, 1.54) is 0 Å². The molecule has 1 amide bonds. The van der Waals surface area contributed by atoms with Crippen LogP contribution in [0.1, 0.15) is 42.0 Å². The standard InChI is InChI=1S/C21H23N3O2S/c1-3-23-18-8-5-4-7-17(18)22-20(23)19-9-6-14-24(19)21(25)15-10-12-16(13-11-15)27(2)26/h4-5,7-8,10-13,19H,3,6,9,14H2,1-2H3/t19-,27+/m1/s1. The van der Waals surface area contributed by atoms with Gasteiger partial charge in [-0.1, -0.05) is 12.1 Å². The molecule has 0 bridgehead atoms. The van der Waals surface area contributed by atoms with E-state index < -0.39 is 10.8 Å². The summed E-state index contributed by atoms with van der Waals surface area (Å²) >= 11 is 0. The maximum absolute atomic E-state index is 13.1. The number of aromatic nitrogens is 2. The average molecular weight is 382 g/mol. The normalized spacial score (nSPS) is 18.1. The molecular weight excluding hydrogens is 358 g/mol. The Hall–Kier alpha value is -2.47. The fourth-order valence-corrected chi connectivity index (χ4v) is 4.43. The molecule has 0 unspecified atom stereocenters. The molecule has 0 N–H and O–H groups in total.